The van der Waals surface area contributed by atoms with Crippen molar-refractivity contribution in [1.29, 1.82) is 0 Å². The third-order valence-electron chi connectivity index (χ3n) is 5.12. The summed E-state index contributed by atoms with van der Waals surface area (Å²) in [4.78, 5) is 28.3. The number of rotatable bonds is 4. The van der Waals surface area contributed by atoms with E-state index in [1.807, 2.05) is 24.3 Å². The molecule has 158 valence electrons. The molecular weight excluding hydrogens is 393 g/mol. The van der Waals surface area contributed by atoms with Crippen LogP contribution in [0.25, 0.3) is 6.08 Å². The molecule has 0 N–H and O–H groups in total. The summed E-state index contributed by atoms with van der Waals surface area (Å²) < 4.78 is 38.4. The molecule has 0 aliphatic carbocycles. The molecule has 0 spiro atoms. The first-order valence-electron chi connectivity index (χ1n) is 9.80. The molecule has 0 aromatic heterocycles. The van der Waals surface area contributed by atoms with E-state index in [4.69, 9.17) is 0 Å². The highest BCUT2D eigenvalue weighted by molar-refractivity contribution is 5.95. The number of piperazine rings is 1. The maximum Gasteiger partial charge on any atom is 0.416 e. The van der Waals surface area contributed by atoms with Gasteiger partial charge in [0, 0.05) is 37.8 Å². The van der Waals surface area contributed by atoms with E-state index in [9.17, 15) is 22.8 Å². The number of carbonyl (C=O) groups excluding carboxylic acids is 2. The lowest BCUT2D eigenvalue weighted by molar-refractivity contribution is -0.137. The zero-order valence-electron chi connectivity index (χ0n) is 16.7. The summed E-state index contributed by atoms with van der Waals surface area (Å²) in [5.41, 5.74) is 1.34. The minimum Gasteiger partial charge on any atom is -0.336 e. The molecule has 3 rings (SSSR count). The Morgan fingerprint density at radius 3 is 2.20 bits per heavy atom. The molecule has 2 aromatic rings. The zero-order chi connectivity index (χ0) is 21.7. The molecule has 1 aliphatic rings. The van der Waals surface area contributed by atoms with Crippen molar-refractivity contribution in [2.45, 2.75) is 19.5 Å². The number of alkyl halides is 3. The molecule has 0 radical (unpaired) electrons. The quantitative estimate of drug-likeness (QED) is 0.699. The third kappa shape index (κ3) is 5.28. The van der Waals surface area contributed by atoms with Gasteiger partial charge in [-0.1, -0.05) is 31.2 Å². The molecule has 1 fully saturated rings. The van der Waals surface area contributed by atoms with Crippen LogP contribution in [-0.2, 0) is 17.4 Å². The van der Waals surface area contributed by atoms with E-state index in [0.29, 0.717) is 37.3 Å². The highest BCUT2D eigenvalue weighted by atomic mass is 19.4. The van der Waals surface area contributed by atoms with E-state index in [-0.39, 0.29) is 11.8 Å². The molecule has 1 heterocycles. The van der Waals surface area contributed by atoms with Crippen LogP contribution in [0, 0.1) is 0 Å². The fraction of sp³-hybridized carbons (Fsp3) is 0.304. The Labute approximate surface area is 173 Å². The second kappa shape index (κ2) is 9.15. The van der Waals surface area contributed by atoms with E-state index >= 15 is 0 Å². The summed E-state index contributed by atoms with van der Waals surface area (Å²) in [5, 5.41) is 0. The zero-order valence-corrected chi connectivity index (χ0v) is 16.7. The molecule has 1 saturated heterocycles. The first-order valence-corrected chi connectivity index (χ1v) is 9.80. The van der Waals surface area contributed by atoms with Crippen molar-refractivity contribution >= 4 is 17.9 Å². The predicted octanol–water partition coefficient (Wildman–Crippen LogP) is 4.27. The summed E-state index contributed by atoms with van der Waals surface area (Å²) in [6, 6.07) is 12.3. The van der Waals surface area contributed by atoms with Crippen LogP contribution < -0.4 is 0 Å². The molecule has 1 aliphatic heterocycles. The number of aryl methyl sites for hydroxylation is 1. The number of nitrogens with zero attached hydrogens (tertiary/aromatic N) is 2. The van der Waals surface area contributed by atoms with Crippen molar-refractivity contribution in [2.24, 2.45) is 0 Å². The molecule has 2 amide bonds. The highest BCUT2D eigenvalue weighted by Crippen LogP contribution is 2.29. The van der Waals surface area contributed by atoms with E-state index < -0.39 is 11.7 Å². The van der Waals surface area contributed by atoms with E-state index in [2.05, 4.69) is 6.92 Å². The minimum absolute atomic E-state index is 0.0655. The summed E-state index contributed by atoms with van der Waals surface area (Å²) in [6.45, 7) is 3.64. The second-order valence-electron chi connectivity index (χ2n) is 7.12. The average molecular weight is 416 g/mol. The Morgan fingerprint density at radius 1 is 0.967 bits per heavy atom. The SMILES string of the molecule is CCc1ccc(C(=O)N2CCN(C(=O)/C=C/c3cccc(C(F)(F)F)c3)CC2)cc1. The van der Waals surface area contributed by atoms with Gasteiger partial charge in [0.2, 0.25) is 5.91 Å². The van der Waals surface area contributed by atoms with Crippen molar-refractivity contribution in [3.8, 4) is 0 Å². The molecule has 0 atom stereocenters. The maximum absolute atomic E-state index is 12.8. The van der Waals surface area contributed by atoms with Gasteiger partial charge in [0.25, 0.3) is 5.91 Å². The van der Waals surface area contributed by atoms with Crippen LogP contribution in [0.3, 0.4) is 0 Å². The normalized spacial score (nSPS) is 14.9. The van der Waals surface area contributed by atoms with Crippen molar-refractivity contribution in [1.82, 2.24) is 9.80 Å². The van der Waals surface area contributed by atoms with Crippen molar-refractivity contribution in [3.63, 3.8) is 0 Å². The number of halogens is 3. The monoisotopic (exact) mass is 416 g/mol. The van der Waals surface area contributed by atoms with E-state index in [1.54, 1.807) is 9.80 Å². The Kier molecular flexibility index (Phi) is 6.59. The Bertz CT molecular complexity index is 928. The van der Waals surface area contributed by atoms with Crippen molar-refractivity contribution in [2.75, 3.05) is 26.2 Å². The number of hydrogen-bond donors (Lipinski definition) is 0. The van der Waals surface area contributed by atoms with Gasteiger partial charge >= 0.3 is 6.18 Å². The smallest absolute Gasteiger partial charge is 0.336 e. The summed E-state index contributed by atoms with van der Waals surface area (Å²) in [6.07, 6.45) is -0.863. The van der Waals surface area contributed by atoms with E-state index in [0.717, 1.165) is 24.1 Å². The lowest BCUT2D eigenvalue weighted by Gasteiger charge is -2.34. The molecular formula is C23H23F3N2O2. The van der Waals surface area contributed by atoms with Gasteiger partial charge in [0.05, 0.1) is 5.56 Å². The predicted molar refractivity (Wildman–Crippen MR) is 109 cm³/mol. The van der Waals surface area contributed by atoms with Crippen LogP contribution in [0.1, 0.15) is 34.0 Å². The van der Waals surface area contributed by atoms with Crippen LogP contribution in [0.5, 0.6) is 0 Å². The van der Waals surface area contributed by atoms with Crippen molar-refractivity contribution < 1.29 is 22.8 Å². The molecule has 2 aromatic carbocycles. The third-order valence-corrected chi connectivity index (χ3v) is 5.12. The number of hydrogen-bond acceptors (Lipinski definition) is 2. The van der Waals surface area contributed by atoms with Gasteiger partial charge in [0.15, 0.2) is 0 Å². The fourth-order valence-corrected chi connectivity index (χ4v) is 3.29. The lowest BCUT2D eigenvalue weighted by atomic mass is 10.1. The van der Waals surface area contributed by atoms with Gasteiger partial charge in [-0.25, -0.2) is 0 Å². The highest BCUT2D eigenvalue weighted by Gasteiger charge is 2.30. The molecule has 30 heavy (non-hydrogen) atoms. The standard InChI is InChI=1S/C23H23F3N2O2/c1-2-17-6-9-19(10-7-17)22(30)28-14-12-27(13-15-28)21(29)11-8-18-4-3-5-20(16-18)23(24,25)26/h3-11,16H,2,12-15H2,1H3/b11-8+. The van der Waals surface area contributed by atoms with Gasteiger partial charge < -0.3 is 9.80 Å². The maximum atomic E-state index is 12.8. The number of carbonyl (C=O) groups is 2. The topological polar surface area (TPSA) is 40.6 Å². The van der Waals surface area contributed by atoms with Gasteiger partial charge in [-0.3, -0.25) is 9.59 Å². The van der Waals surface area contributed by atoms with Gasteiger partial charge in [0.1, 0.15) is 0 Å². The Hall–Kier alpha value is -3.09. The van der Waals surface area contributed by atoms with Crippen LogP contribution in [0.2, 0.25) is 0 Å². The Morgan fingerprint density at radius 2 is 1.60 bits per heavy atom. The molecule has 7 heteroatoms. The van der Waals surface area contributed by atoms with Crippen LogP contribution >= 0.6 is 0 Å². The van der Waals surface area contributed by atoms with Gasteiger partial charge in [-0.05, 0) is 47.9 Å². The summed E-state index contributed by atoms with van der Waals surface area (Å²) >= 11 is 0. The molecule has 4 nitrogen and oxygen atoms in total. The van der Waals surface area contributed by atoms with Gasteiger partial charge in [-0.15, -0.1) is 0 Å². The number of benzene rings is 2. The van der Waals surface area contributed by atoms with Crippen molar-refractivity contribution in [3.05, 3.63) is 76.9 Å². The molecule has 0 unspecified atom stereocenters. The summed E-state index contributed by atoms with van der Waals surface area (Å²) in [5.74, 6) is -0.351. The molecule has 0 saturated carbocycles. The average Bonchev–Trinajstić information content (AvgIpc) is 2.77. The first kappa shape index (κ1) is 21.6. The van der Waals surface area contributed by atoms with Crippen LogP contribution in [0.4, 0.5) is 13.2 Å². The van der Waals surface area contributed by atoms with E-state index in [1.165, 1.54) is 24.3 Å². The second-order valence-corrected chi connectivity index (χ2v) is 7.12. The Balaban J connectivity index is 1.56. The van der Waals surface area contributed by atoms with Gasteiger partial charge in [-0.2, -0.15) is 13.2 Å². The summed E-state index contributed by atoms with van der Waals surface area (Å²) in [7, 11) is 0. The lowest BCUT2D eigenvalue weighted by Crippen LogP contribution is -2.50. The fourth-order valence-electron chi connectivity index (χ4n) is 3.29. The molecule has 0 bridgehead atoms. The number of amides is 2. The first-order chi connectivity index (χ1) is 14.3. The minimum atomic E-state index is -4.42. The largest absolute Gasteiger partial charge is 0.416 e. The van der Waals surface area contributed by atoms with Crippen LogP contribution in [-0.4, -0.2) is 47.8 Å². The van der Waals surface area contributed by atoms with Crippen LogP contribution in [0.15, 0.2) is 54.6 Å².